The van der Waals surface area contributed by atoms with E-state index in [9.17, 15) is 4.79 Å². The first kappa shape index (κ1) is 19.1. The van der Waals surface area contributed by atoms with Gasteiger partial charge >= 0.3 is 0 Å². The Bertz CT molecular complexity index is 745. The van der Waals surface area contributed by atoms with Crippen LogP contribution in [0.3, 0.4) is 0 Å². The number of hydrogen-bond donors (Lipinski definition) is 1. The second-order valence-electron chi connectivity index (χ2n) is 6.11. The molecule has 3 rings (SSSR count). The van der Waals surface area contributed by atoms with Crippen LogP contribution in [0.2, 0.25) is 5.02 Å². The molecule has 138 valence electrons. The molecule has 6 heteroatoms. The summed E-state index contributed by atoms with van der Waals surface area (Å²) in [6, 6.07) is 13.2. The van der Waals surface area contributed by atoms with Crippen molar-refractivity contribution in [3.05, 3.63) is 58.6 Å². The van der Waals surface area contributed by atoms with E-state index in [0.717, 1.165) is 40.7 Å². The number of carbonyl (C=O) groups excluding carboxylic acids is 1. The van der Waals surface area contributed by atoms with Crippen molar-refractivity contribution in [2.45, 2.75) is 29.6 Å². The number of rotatable bonds is 7. The first-order valence-corrected chi connectivity index (χ1v) is 9.97. The van der Waals surface area contributed by atoms with Gasteiger partial charge in [0.1, 0.15) is 5.75 Å². The van der Waals surface area contributed by atoms with Crippen molar-refractivity contribution >= 4 is 29.3 Å². The second kappa shape index (κ2) is 9.31. The third kappa shape index (κ3) is 5.16. The van der Waals surface area contributed by atoms with Gasteiger partial charge in [-0.05, 0) is 55.3 Å². The van der Waals surface area contributed by atoms with E-state index < -0.39 is 0 Å². The zero-order chi connectivity index (χ0) is 18.4. The molecule has 2 aromatic rings. The van der Waals surface area contributed by atoms with Gasteiger partial charge in [0.15, 0.2) is 0 Å². The molecule has 0 spiro atoms. The Hall–Kier alpha value is -1.69. The summed E-state index contributed by atoms with van der Waals surface area (Å²) >= 11 is 7.60. The third-order valence-electron chi connectivity index (χ3n) is 4.26. The van der Waals surface area contributed by atoms with Crippen LogP contribution in [0.5, 0.6) is 5.75 Å². The smallest absolute Gasteiger partial charge is 0.251 e. The quantitative estimate of drug-likeness (QED) is 0.703. The standard InChI is InChI=1S/C20H22ClNO3S/c1-24-19-9-4-14(20(23)22-12-17-3-2-10-25-17)11-15(19)13-26-18-7-5-16(21)6-8-18/h4-9,11,17H,2-3,10,12-13H2,1H3,(H,22,23)/t17-/m1/s1. The minimum absolute atomic E-state index is 0.0825. The molecular formula is C20H22ClNO3S. The predicted molar refractivity (Wildman–Crippen MR) is 105 cm³/mol. The van der Waals surface area contributed by atoms with Crippen LogP contribution < -0.4 is 10.1 Å². The summed E-state index contributed by atoms with van der Waals surface area (Å²) in [5.74, 6) is 1.40. The molecule has 0 bridgehead atoms. The van der Waals surface area contributed by atoms with E-state index in [1.54, 1.807) is 24.9 Å². The molecule has 1 aliphatic heterocycles. The van der Waals surface area contributed by atoms with Crippen LogP contribution in [0.25, 0.3) is 0 Å². The van der Waals surface area contributed by atoms with Gasteiger partial charge in [0.25, 0.3) is 5.91 Å². The highest BCUT2D eigenvalue weighted by atomic mass is 35.5. The Labute approximate surface area is 163 Å². The van der Waals surface area contributed by atoms with E-state index >= 15 is 0 Å². The maximum Gasteiger partial charge on any atom is 0.251 e. The van der Waals surface area contributed by atoms with Gasteiger partial charge in [0, 0.05) is 39.9 Å². The number of benzene rings is 2. The molecule has 0 saturated carbocycles. The molecule has 1 saturated heterocycles. The molecule has 1 N–H and O–H groups in total. The summed E-state index contributed by atoms with van der Waals surface area (Å²) in [7, 11) is 1.64. The summed E-state index contributed by atoms with van der Waals surface area (Å²) in [5.41, 5.74) is 1.62. The first-order valence-electron chi connectivity index (χ1n) is 8.61. The highest BCUT2D eigenvalue weighted by Gasteiger charge is 2.17. The van der Waals surface area contributed by atoms with E-state index in [1.165, 1.54) is 0 Å². The average Bonchev–Trinajstić information content (AvgIpc) is 3.19. The number of amides is 1. The SMILES string of the molecule is COc1ccc(C(=O)NC[C@H]2CCCO2)cc1CSc1ccc(Cl)cc1. The Morgan fingerprint density at radius 2 is 2.12 bits per heavy atom. The number of carbonyl (C=O) groups is 1. The lowest BCUT2D eigenvalue weighted by Gasteiger charge is -2.13. The minimum atomic E-state index is -0.0825. The van der Waals surface area contributed by atoms with E-state index in [-0.39, 0.29) is 12.0 Å². The van der Waals surface area contributed by atoms with Gasteiger partial charge in [-0.1, -0.05) is 11.6 Å². The molecule has 1 amide bonds. The van der Waals surface area contributed by atoms with Gasteiger partial charge in [-0.2, -0.15) is 0 Å². The molecule has 4 nitrogen and oxygen atoms in total. The summed E-state index contributed by atoms with van der Waals surface area (Å²) in [5, 5.41) is 3.68. The van der Waals surface area contributed by atoms with Crippen LogP contribution in [0, 0.1) is 0 Å². The number of ether oxygens (including phenoxy) is 2. The van der Waals surface area contributed by atoms with E-state index in [0.29, 0.717) is 17.9 Å². The van der Waals surface area contributed by atoms with E-state index in [4.69, 9.17) is 21.1 Å². The number of halogens is 1. The van der Waals surface area contributed by atoms with Crippen LogP contribution in [-0.2, 0) is 10.5 Å². The monoisotopic (exact) mass is 391 g/mol. The van der Waals surface area contributed by atoms with Gasteiger partial charge in [0.05, 0.1) is 13.2 Å². The number of thioether (sulfide) groups is 1. The molecular weight excluding hydrogens is 370 g/mol. The van der Waals surface area contributed by atoms with Crippen molar-refractivity contribution in [2.75, 3.05) is 20.3 Å². The van der Waals surface area contributed by atoms with Gasteiger partial charge in [-0.25, -0.2) is 0 Å². The summed E-state index contributed by atoms with van der Waals surface area (Å²) in [4.78, 5) is 13.6. The van der Waals surface area contributed by atoms with Crippen molar-refractivity contribution < 1.29 is 14.3 Å². The van der Waals surface area contributed by atoms with Crippen molar-refractivity contribution in [1.82, 2.24) is 5.32 Å². The highest BCUT2D eigenvalue weighted by molar-refractivity contribution is 7.98. The molecule has 1 heterocycles. The van der Waals surface area contributed by atoms with Crippen molar-refractivity contribution in [2.24, 2.45) is 0 Å². The van der Waals surface area contributed by atoms with E-state index in [2.05, 4.69) is 5.32 Å². The van der Waals surface area contributed by atoms with Gasteiger partial charge in [-0.15, -0.1) is 11.8 Å². The number of methoxy groups -OCH3 is 1. The van der Waals surface area contributed by atoms with Crippen molar-refractivity contribution in [1.29, 1.82) is 0 Å². The fraction of sp³-hybridized carbons (Fsp3) is 0.350. The zero-order valence-electron chi connectivity index (χ0n) is 14.7. The Morgan fingerprint density at radius 3 is 2.81 bits per heavy atom. The lowest BCUT2D eigenvalue weighted by atomic mass is 10.1. The summed E-state index contributed by atoms with van der Waals surface area (Å²) in [6.45, 7) is 1.34. The van der Waals surface area contributed by atoms with Gasteiger partial charge < -0.3 is 14.8 Å². The zero-order valence-corrected chi connectivity index (χ0v) is 16.2. The molecule has 0 unspecified atom stereocenters. The van der Waals surface area contributed by atoms with Crippen molar-refractivity contribution in [3.8, 4) is 5.75 Å². The van der Waals surface area contributed by atoms with Crippen molar-refractivity contribution in [3.63, 3.8) is 0 Å². The number of hydrogen-bond acceptors (Lipinski definition) is 4. The highest BCUT2D eigenvalue weighted by Crippen LogP contribution is 2.29. The maximum atomic E-state index is 12.4. The van der Waals surface area contributed by atoms with Crippen LogP contribution in [0.4, 0.5) is 0 Å². The lowest BCUT2D eigenvalue weighted by Crippen LogP contribution is -2.31. The lowest BCUT2D eigenvalue weighted by molar-refractivity contribution is 0.0857. The predicted octanol–water partition coefficient (Wildman–Crippen LogP) is 4.55. The van der Waals surface area contributed by atoms with Gasteiger partial charge in [-0.3, -0.25) is 4.79 Å². The third-order valence-corrected chi connectivity index (χ3v) is 5.58. The second-order valence-corrected chi connectivity index (χ2v) is 7.60. The van der Waals surface area contributed by atoms with Crippen LogP contribution in [-0.4, -0.2) is 32.3 Å². The summed E-state index contributed by atoms with van der Waals surface area (Å²) < 4.78 is 11.0. The topological polar surface area (TPSA) is 47.6 Å². The molecule has 1 fully saturated rings. The Balaban J connectivity index is 1.64. The summed E-state index contributed by atoms with van der Waals surface area (Å²) in [6.07, 6.45) is 2.21. The molecule has 0 aliphatic carbocycles. The molecule has 0 aromatic heterocycles. The van der Waals surface area contributed by atoms with Crippen LogP contribution in [0.1, 0.15) is 28.8 Å². The molecule has 26 heavy (non-hydrogen) atoms. The Morgan fingerprint density at radius 1 is 1.31 bits per heavy atom. The molecule has 1 atom stereocenters. The normalized spacial score (nSPS) is 16.5. The van der Waals surface area contributed by atoms with Gasteiger partial charge in [0.2, 0.25) is 0 Å². The van der Waals surface area contributed by atoms with Crippen LogP contribution in [0.15, 0.2) is 47.4 Å². The molecule has 1 aliphatic rings. The molecule has 2 aromatic carbocycles. The number of nitrogens with one attached hydrogen (secondary N) is 1. The fourth-order valence-electron chi connectivity index (χ4n) is 2.84. The average molecular weight is 392 g/mol. The van der Waals surface area contributed by atoms with Crippen LogP contribution >= 0.6 is 23.4 Å². The fourth-order valence-corrected chi connectivity index (χ4v) is 3.84. The first-order chi connectivity index (χ1) is 12.7. The maximum absolute atomic E-state index is 12.4. The minimum Gasteiger partial charge on any atom is -0.496 e. The largest absolute Gasteiger partial charge is 0.496 e. The Kier molecular flexibility index (Phi) is 6.83. The molecule has 0 radical (unpaired) electrons. The van der Waals surface area contributed by atoms with E-state index in [1.807, 2.05) is 36.4 Å².